The summed E-state index contributed by atoms with van der Waals surface area (Å²) in [6.07, 6.45) is 1.99. The highest BCUT2D eigenvalue weighted by Gasteiger charge is 2.32. The van der Waals surface area contributed by atoms with Crippen LogP contribution in [0.4, 0.5) is 5.82 Å². The van der Waals surface area contributed by atoms with Crippen LogP contribution in [0.1, 0.15) is 67.8 Å². The van der Waals surface area contributed by atoms with Gasteiger partial charge in [-0.3, -0.25) is 0 Å². The Bertz CT molecular complexity index is 808. The quantitative estimate of drug-likeness (QED) is 0.692. The molecule has 0 saturated heterocycles. The third kappa shape index (κ3) is 3.79. The summed E-state index contributed by atoms with van der Waals surface area (Å²) in [5, 5.41) is 0. The number of fused-ring (bicyclic) bond motifs is 1. The van der Waals surface area contributed by atoms with Crippen LogP contribution >= 0.6 is 0 Å². The molecule has 2 heterocycles. The topological polar surface area (TPSA) is 47.5 Å². The monoisotopic (exact) mass is 369 g/mol. The highest BCUT2D eigenvalue weighted by Crippen LogP contribution is 2.41. The van der Waals surface area contributed by atoms with Crippen molar-refractivity contribution in [3.05, 3.63) is 40.2 Å². The van der Waals surface area contributed by atoms with E-state index in [1.807, 2.05) is 13.8 Å². The lowest BCUT2D eigenvalue weighted by molar-refractivity contribution is 0.0475. The largest absolute Gasteiger partial charge is 0.438 e. The molecular formula is C22H31N3O2. The minimum absolute atomic E-state index is 0.104. The average Bonchev–Trinajstić information content (AvgIpc) is 2.60. The summed E-state index contributed by atoms with van der Waals surface area (Å²) in [5.74, 6) is 3.15. The van der Waals surface area contributed by atoms with E-state index >= 15 is 0 Å². The van der Waals surface area contributed by atoms with Gasteiger partial charge in [-0.25, -0.2) is 4.98 Å². The molecule has 1 aliphatic rings. The van der Waals surface area contributed by atoms with E-state index in [0.29, 0.717) is 18.7 Å². The lowest BCUT2D eigenvalue weighted by atomic mass is 10.1. The maximum Gasteiger partial charge on any atom is 0.230 e. The number of hydrogen-bond acceptors (Lipinski definition) is 5. The van der Waals surface area contributed by atoms with Crippen LogP contribution in [0.3, 0.4) is 0 Å². The third-order valence-corrected chi connectivity index (χ3v) is 5.33. The van der Waals surface area contributed by atoms with Crippen LogP contribution in [0, 0.1) is 27.7 Å². The van der Waals surface area contributed by atoms with Crippen molar-refractivity contribution in [1.29, 1.82) is 0 Å². The molecule has 1 unspecified atom stereocenters. The molecule has 0 saturated carbocycles. The normalized spacial score (nSPS) is 16.6. The standard InChI is InChI=1S/C22H31N3O2/c1-8-18(9-2)25-12-26-16(6)19-21(25)23-17(7)24-22(19)27-20-14(4)10-13(3)11-15(20)5/h10-11,16,18H,8-9,12H2,1-7H3. The molecule has 0 spiro atoms. The second kappa shape index (κ2) is 7.85. The first-order chi connectivity index (χ1) is 12.8. The molecule has 0 aliphatic carbocycles. The van der Waals surface area contributed by atoms with Crippen LogP contribution in [0.25, 0.3) is 0 Å². The van der Waals surface area contributed by atoms with Crippen molar-refractivity contribution in [3.63, 3.8) is 0 Å². The van der Waals surface area contributed by atoms with Crippen molar-refractivity contribution in [3.8, 4) is 11.6 Å². The van der Waals surface area contributed by atoms with Gasteiger partial charge in [0.05, 0.1) is 11.7 Å². The van der Waals surface area contributed by atoms with E-state index in [2.05, 4.69) is 56.6 Å². The minimum atomic E-state index is -0.104. The first-order valence-corrected chi connectivity index (χ1v) is 9.88. The molecule has 1 atom stereocenters. The molecule has 146 valence electrons. The molecule has 27 heavy (non-hydrogen) atoms. The molecule has 0 fully saturated rings. The van der Waals surface area contributed by atoms with Gasteiger partial charge in [0, 0.05) is 6.04 Å². The zero-order chi connectivity index (χ0) is 19.7. The lowest BCUT2D eigenvalue weighted by Gasteiger charge is -2.38. The first-order valence-electron chi connectivity index (χ1n) is 9.88. The summed E-state index contributed by atoms with van der Waals surface area (Å²) < 4.78 is 12.4. The van der Waals surface area contributed by atoms with Crippen LogP contribution in [0.2, 0.25) is 0 Å². The van der Waals surface area contributed by atoms with E-state index in [4.69, 9.17) is 14.5 Å². The van der Waals surface area contributed by atoms with E-state index in [-0.39, 0.29) is 6.10 Å². The van der Waals surface area contributed by atoms with Gasteiger partial charge in [0.2, 0.25) is 5.88 Å². The Morgan fingerprint density at radius 2 is 1.74 bits per heavy atom. The molecule has 5 nitrogen and oxygen atoms in total. The van der Waals surface area contributed by atoms with Crippen LogP contribution in [0.15, 0.2) is 12.1 Å². The molecule has 3 rings (SSSR count). The Kier molecular flexibility index (Phi) is 5.70. The highest BCUT2D eigenvalue weighted by molar-refractivity contribution is 5.56. The van der Waals surface area contributed by atoms with Crippen LogP contribution in [-0.2, 0) is 4.74 Å². The van der Waals surface area contributed by atoms with E-state index < -0.39 is 0 Å². The van der Waals surface area contributed by atoms with Crippen LogP contribution < -0.4 is 9.64 Å². The Labute approximate surface area is 162 Å². The number of nitrogens with zero attached hydrogens (tertiary/aromatic N) is 3. The molecule has 5 heteroatoms. The van der Waals surface area contributed by atoms with Crippen LogP contribution in [-0.4, -0.2) is 22.7 Å². The molecule has 1 aromatic carbocycles. The first kappa shape index (κ1) is 19.6. The number of rotatable bonds is 5. The number of aromatic nitrogens is 2. The van der Waals surface area contributed by atoms with E-state index in [1.54, 1.807) is 0 Å². The molecule has 2 aromatic rings. The van der Waals surface area contributed by atoms with Crippen molar-refractivity contribution >= 4 is 5.82 Å². The Balaban J connectivity index is 2.10. The molecular weight excluding hydrogens is 338 g/mol. The predicted octanol–water partition coefficient (Wildman–Crippen LogP) is 5.55. The summed E-state index contributed by atoms with van der Waals surface area (Å²) >= 11 is 0. The lowest BCUT2D eigenvalue weighted by Crippen LogP contribution is -2.41. The molecule has 0 amide bonds. The summed E-state index contributed by atoms with van der Waals surface area (Å²) in [5.41, 5.74) is 4.39. The summed E-state index contributed by atoms with van der Waals surface area (Å²) in [6, 6.07) is 4.67. The Morgan fingerprint density at radius 3 is 2.33 bits per heavy atom. The smallest absolute Gasteiger partial charge is 0.230 e. The maximum atomic E-state index is 6.38. The maximum absolute atomic E-state index is 6.38. The molecule has 0 radical (unpaired) electrons. The third-order valence-electron chi connectivity index (χ3n) is 5.33. The molecule has 1 aromatic heterocycles. The molecule has 0 bridgehead atoms. The van der Waals surface area contributed by atoms with Crippen molar-refractivity contribution < 1.29 is 9.47 Å². The van der Waals surface area contributed by atoms with Crippen molar-refractivity contribution in [2.45, 2.75) is 73.5 Å². The number of ether oxygens (including phenoxy) is 2. The van der Waals surface area contributed by atoms with Crippen LogP contribution in [0.5, 0.6) is 11.6 Å². The molecule has 1 aliphatic heterocycles. The summed E-state index contributed by atoms with van der Waals surface area (Å²) in [6.45, 7) is 15.2. The summed E-state index contributed by atoms with van der Waals surface area (Å²) in [7, 11) is 0. The highest BCUT2D eigenvalue weighted by atomic mass is 16.5. The fourth-order valence-corrected chi connectivity index (χ4v) is 3.96. The zero-order valence-corrected chi connectivity index (χ0v) is 17.6. The second-order valence-corrected chi connectivity index (χ2v) is 7.52. The van der Waals surface area contributed by atoms with E-state index in [1.165, 1.54) is 5.56 Å². The van der Waals surface area contributed by atoms with E-state index in [9.17, 15) is 0 Å². The van der Waals surface area contributed by atoms with Crippen molar-refractivity contribution in [2.75, 3.05) is 11.6 Å². The minimum Gasteiger partial charge on any atom is -0.438 e. The Morgan fingerprint density at radius 1 is 1.11 bits per heavy atom. The second-order valence-electron chi connectivity index (χ2n) is 7.52. The SMILES string of the molecule is CCC(CC)N1COC(C)c2c(Oc3c(C)cc(C)cc3C)nc(C)nc21. The fraction of sp³-hybridized carbons (Fsp3) is 0.545. The number of benzene rings is 1. The van der Waals surface area contributed by atoms with Gasteiger partial charge in [-0.15, -0.1) is 0 Å². The van der Waals surface area contributed by atoms with Gasteiger partial charge in [-0.05, 0) is 58.6 Å². The van der Waals surface area contributed by atoms with Gasteiger partial charge >= 0.3 is 0 Å². The Hall–Kier alpha value is -2.14. The van der Waals surface area contributed by atoms with Gasteiger partial charge in [0.25, 0.3) is 0 Å². The van der Waals surface area contributed by atoms with Gasteiger partial charge in [0.1, 0.15) is 24.1 Å². The zero-order valence-electron chi connectivity index (χ0n) is 17.6. The van der Waals surface area contributed by atoms with Crippen molar-refractivity contribution in [2.24, 2.45) is 0 Å². The number of hydrogen-bond donors (Lipinski definition) is 0. The predicted molar refractivity (Wildman–Crippen MR) is 109 cm³/mol. The fourth-order valence-electron chi connectivity index (χ4n) is 3.96. The average molecular weight is 370 g/mol. The van der Waals surface area contributed by atoms with Gasteiger partial charge < -0.3 is 14.4 Å². The molecule has 0 N–H and O–H groups in total. The van der Waals surface area contributed by atoms with Crippen molar-refractivity contribution in [1.82, 2.24) is 9.97 Å². The number of anilines is 1. The summed E-state index contributed by atoms with van der Waals surface area (Å²) in [4.78, 5) is 11.7. The van der Waals surface area contributed by atoms with Gasteiger partial charge in [-0.2, -0.15) is 4.98 Å². The van der Waals surface area contributed by atoms with Gasteiger partial charge in [0.15, 0.2) is 0 Å². The van der Waals surface area contributed by atoms with Gasteiger partial charge in [-0.1, -0.05) is 31.5 Å². The van der Waals surface area contributed by atoms with E-state index in [0.717, 1.165) is 46.9 Å². The number of aryl methyl sites for hydroxylation is 4.